The molecule has 1 aromatic rings. The van der Waals surface area contributed by atoms with Crippen LogP contribution < -0.4 is 10.6 Å². The average molecular weight is 306 g/mol. The highest BCUT2D eigenvalue weighted by Crippen LogP contribution is 2.27. The SMILES string of the molecule is O=C(NCc1ccc(C(=O)O)cc1)NCC1(O)CCCCC1. The van der Waals surface area contributed by atoms with E-state index in [9.17, 15) is 14.7 Å². The fraction of sp³-hybridized carbons (Fsp3) is 0.500. The molecule has 1 aromatic carbocycles. The molecule has 120 valence electrons. The summed E-state index contributed by atoms with van der Waals surface area (Å²) in [5.74, 6) is -0.974. The maximum atomic E-state index is 11.7. The Morgan fingerprint density at radius 3 is 2.27 bits per heavy atom. The second-order valence-electron chi connectivity index (χ2n) is 5.82. The number of urea groups is 1. The number of carboxylic acids is 1. The van der Waals surface area contributed by atoms with Crippen LogP contribution in [0.2, 0.25) is 0 Å². The van der Waals surface area contributed by atoms with Gasteiger partial charge in [-0.15, -0.1) is 0 Å². The maximum Gasteiger partial charge on any atom is 0.335 e. The van der Waals surface area contributed by atoms with E-state index in [2.05, 4.69) is 10.6 Å². The summed E-state index contributed by atoms with van der Waals surface area (Å²) in [5, 5.41) is 24.5. The van der Waals surface area contributed by atoms with Gasteiger partial charge in [-0.1, -0.05) is 31.4 Å². The number of carboxylic acid groups (broad SMARTS) is 1. The Hall–Kier alpha value is -2.08. The topological polar surface area (TPSA) is 98.7 Å². The van der Waals surface area contributed by atoms with Crippen molar-refractivity contribution in [2.75, 3.05) is 6.54 Å². The van der Waals surface area contributed by atoms with Gasteiger partial charge in [0.1, 0.15) is 0 Å². The monoisotopic (exact) mass is 306 g/mol. The number of aliphatic hydroxyl groups is 1. The molecule has 4 N–H and O–H groups in total. The molecular weight excluding hydrogens is 284 g/mol. The van der Waals surface area contributed by atoms with Crippen LogP contribution in [0.5, 0.6) is 0 Å². The fourth-order valence-corrected chi connectivity index (χ4v) is 2.64. The minimum Gasteiger partial charge on any atom is -0.478 e. The molecule has 0 radical (unpaired) electrons. The summed E-state index contributed by atoms with van der Waals surface area (Å²) >= 11 is 0. The molecule has 0 bridgehead atoms. The number of carbonyl (C=O) groups is 2. The molecule has 0 aliphatic heterocycles. The summed E-state index contributed by atoms with van der Waals surface area (Å²) in [6, 6.07) is 6.00. The molecule has 1 aliphatic carbocycles. The third-order valence-electron chi connectivity index (χ3n) is 4.02. The number of benzene rings is 1. The first kappa shape index (κ1) is 16.3. The normalized spacial score (nSPS) is 16.8. The quantitative estimate of drug-likeness (QED) is 0.667. The van der Waals surface area contributed by atoms with Crippen molar-refractivity contribution in [1.82, 2.24) is 10.6 Å². The van der Waals surface area contributed by atoms with E-state index >= 15 is 0 Å². The molecule has 6 nitrogen and oxygen atoms in total. The molecule has 0 atom stereocenters. The van der Waals surface area contributed by atoms with E-state index in [1.807, 2.05) is 0 Å². The Bertz CT molecular complexity index is 521. The van der Waals surface area contributed by atoms with Gasteiger partial charge in [0, 0.05) is 13.1 Å². The standard InChI is InChI=1S/C16H22N2O4/c19-14(20)13-6-4-12(5-7-13)10-17-15(21)18-11-16(22)8-2-1-3-9-16/h4-7,22H,1-3,8-11H2,(H,19,20)(H2,17,18,21). The van der Waals surface area contributed by atoms with Crippen molar-refractivity contribution in [3.8, 4) is 0 Å². The number of amides is 2. The Morgan fingerprint density at radius 1 is 1.05 bits per heavy atom. The first-order valence-corrected chi connectivity index (χ1v) is 7.55. The zero-order chi connectivity index (χ0) is 16.0. The smallest absolute Gasteiger partial charge is 0.335 e. The average Bonchev–Trinajstić information content (AvgIpc) is 2.52. The Balaban J connectivity index is 1.74. The van der Waals surface area contributed by atoms with E-state index < -0.39 is 11.6 Å². The van der Waals surface area contributed by atoms with Crippen molar-refractivity contribution < 1.29 is 19.8 Å². The van der Waals surface area contributed by atoms with Gasteiger partial charge >= 0.3 is 12.0 Å². The lowest BCUT2D eigenvalue weighted by Crippen LogP contribution is -2.47. The summed E-state index contributed by atoms with van der Waals surface area (Å²) in [6.07, 6.45) is 4.58. The summed E-state index contributed by atoms with van der Waals surface area (Å²) < 4.78 is 0. The maximum absolute atomic E-state index is 11.7. The minimum absolute atomic E-state index is 0.215. The first-order valence-electron chi connectivity index (χ1n) is 7.55. The van der Waals surface area contributed by atoms with Crippen LogP contribution in [0.1, 0.15) is 48.0 Å². The largest absolute Gasteiger partial charge is 0.478 e. The van der Waals surface area contributed by atoms with E-state index in [1.54, 1.807) is 12.1 Å². The molecular formula is C16H22N2O4. The van der Waals surface area contributed by atoms with Gasteiger partial charge in [0.05, 0.1) is 11.2 Å². The van der Waals surface area contributed by atoms with Crippen LogP contribution in [0.3, 0.4) is 0 Å². The highest BCUT2D eigenvalue weighted by Gasteiger charge is 2.29. The number of rotatable bonds is 5. The molecule has 2 rings (SSSR count). The first-order chi connectivity index (χ1) is 10.5. The Kier molecular flexibility index (Phi) is 5.38. The lowest BCUT2D eigenvalue weighted by atomic mass is 9.85. The molecule has 0 aromatic heterocycles. The van der Waals surface area contributed by atoms with Crippen molar-refractivity contribution in [2.24, 2.45) is 0 Å². The number of nitrogens with one attached hydrogen (secondary N) is 2. The van der Waals surface area contributed by atoms with E-state index in [0.29, 0.717) is 6.54 Å². The molecule has 1 aliphatic rings. The van der Waals surface area contributed by atoms with E-state index in [0.717, 1.165) is 37.7 Å². The van der Waals surface area contributed by atoms with Crippen LogP contribution in [-0.2, 0) is 6.54 Å². The lowest BCUT2D eigenvalue weighted by molar-refractivity contribution is 0.00719. The van der Waals surface area contributed by atoms with Crippen LogP contribution in [-0.4, -0.2) is 34.4 Å². The van der Waals surface area contributed by atoms with E-state index in [4.69, 9.17) is 5.11 Å². The lowest BCUT2D eigenvalue weighted by Gasteiger charge is -2.32. The van der Waals surface area contributed by atoms with Crippen molar-refractivity contribution in [3.05, 3.63) is 35.4 Å². The third-order valence-corrected chi connectivity index (χ3v) is 4.02. The fourth-order valence-electron chi connectivity index (χ4n) is 2.64. The third kappa shape index (κ3) is 4.73. The van der Waals surface area contributed by atoms with Gasteiger partial charge < -0.3 is 20.8 Å². The second-order valence-corrected chi connectivity index (χ2v) is 5.82. The predicted octanol–water partition coefficient (Wildman–Crippen LogP) is 1.88. The molecule has 6 heteroatoms. The van der Waals surface area contributed by atoms with Crippen LogP contribution in [0.4, 0.5) is 4.79 Å². The van der Waals surface area contributed by atoms with Gasteiger partial charge in [-0.05, 0) is 30.5 Å². The zero-order valence-corrected chi connectivity index (χ0v) is 12.5. The van der Waals surface area contributed by atoms with Gasteiger partial charge in [-0.2, -0.15) is 0 Å². The van der Waals surface area contributed by atoms with Gasteiger partial charge in [0.25, 0.3) is 0 Å². The molecule has 0 unspecified atom stereocenters. The minimum atomic E-state index is -0.974. The van der Waals surface area contributed by atoms with Crippen molar-refractivity contribution in [3.63, 3.8) is 0 Å². The van der Waals surface area contributed by atoms with E-state index in [-0.39, 0.29) is 18.1 Å². The zero-order valence-electron chi connectivity index (χ0n) is 12.5. The van der Waals surface area contributed by atoms with Gasteiger partial charge in [-0.25, -0.2) is 9.59 Å². The van der Waals surface area contributed by atoms with E-state index in [1.165, 1.54) is 12.1 Å². The Labute approximate surface area is 129 Å². The molecule has 1 saturated carbocycles. The highest BCUT2D eigenvalue weighted by atomic mass is 16.4. The van der Waals surface area contributed by atoms with Crippen LogP contribution in [0.25, 0.3) is 0 Å². The number of aromatic carboxylic acids is 1. The second kappa shape index (κ2) is 7.26. The highest BCUT2D eigenvalue weighted by molar-refractivity contribution is 5.87. The molecule has 0 heterocycles. The summed E-state index contributed by atoms with van der Waals surface area (Å²) in [4.78, 5) is 22.5. The molecule has 2 amide bonds. The number of carbonyl (C=O) groups excluding carboxylic acids is 1. The van der Waals surface area contributed by atoms with Gasteiger partial charge in [0.2, 0.25) is 0 Å². The van der Waals surface area contributed by atoms with Crippen LogP contribution >= 0.6 is 0 Å². The summed E-state index contributed by atoms with van der Waals surface area (Å²) in [6.45, 7) is 0.570. The van der Waals surface area contributed by atoms with Gasteiger partial charge in [0.15, 0.2) is 0 Å². The molecule has 0 spiro atoms. The Morgan fingerprint density at radius 2 is 1.68 bits per heavy atom. The number of hydrogen-bond acceptors (Lipinski definition) is 3. The molecule has 1 fully saturated rings. The summed E-state index contributed by atoms with van der Waals surface area (Å²) in [5.41, 5.74) is 0.253. The summed E-state index contributed by atoms with van der Waals surface area (Å²) in [7, 11) is 0. The van der Waals surface area contributed by atoms with Crippen molar-refractivity contribution >= 4 is 12.0 Å². The number of hydrogen-bond donors (Lipinski definition) is 4. The van der Waals surface area contributed by atoms with Crippen LogP contribution in [0, 0.1) is 0 Å². The van der Waals surface area contributed by atoms with Gasteiger partial charge in [-0.3, -0.25) is 0 Å². The van der Waals surface area contributed by atoms with Crippen molar-refractivity contribution in [2.45, 2.75) is 44.2 Å². The van der Waals surface area contributed by atoms with Crippen LogP contribution in [0.15, 0.2) is 24.3 Å². The molecule has 22 heavy (non-hydrogen) atoms. The van der Waals surface area contributed by atoms with Crippen molar-refractivity contribution in [1.29, 1.82) is 0 Å². The predicted molar refractivity (Wildman–Crippen MR) is 81.7 cm³/mol. The molecule has 0 saturated heterocycles.